The van der Waals surface area contributed by atoms with Crippen molar-refractivity contribution in [2.75, 3.05) is 0 Å². The summed E-state index contributed by atoms with van der Waals surface area (Å²) in [5.74, 6) is -0.109. The molecule has 1 N–H and O–H groups in total. The third-order valence-electron chi connectivity index (χ3n) is 2.50. The molecule has 0 bridgehead atoms. The number of halogens is 2. The van der Waals surface area contributed by atoms with Crippen LogP contribution in [0.1, 0.15) is 33.1 Å². The van der Waals surface area contributed by atoms with Crippen LogP contribution in [0, 0.1) is 0 Å². The molecule has 0 aliphatic rings. The Balaban J connectivity index is 3.96. The molecule has 0 aliphatic heterocycles. The zero-order chi connectivity index (χ0) is 15.9. The Morgan fingerprint density at radius 1 is 1.14 bits per heavy atom. The van der Waals surface area contributed by atoms with Gasteiger partial charge in [0.15, 0.2) is 0 Å². The third-order valence-corrected chi connectivity index (χ3v) is 3.06. The van der Waals surface area contributed by atoms with E-state index in [2.05, 4.69) is 5.32 Å². The summed E-state index contributed by atoms with van der Waals surface area (Å²) in [5, 5.41) is 2.86. The van der Waals surface area contributed by atoms with Crippen LogP contribution >= 0.6 is 23.2 Å². The highest BCUT2D eigenvalue weighted by atomic mass is 35.5. The topological polar surface area (TPSA) is 29.1 Å². The van der Waals surface area contributed by atoms with Crippen LogP contribution in [0.4, 0.5) is 0 Å². The Labute approximate surface area is 137 Å². The Morgan fingerprint density at radius 2 is 1.86 bits per heavy atom. The molecular formula is C17H23Cl2NO. The summed E-state index contributed by atoms with van der Waals surface area (Å²) >= 11 is 11.0. The lowest BCUT2D eigenvalue weighted by Gasteiger charge is -2.06. The van der Waals surface area contributed by atoms with E-state index in [-0.39, 0.29) is 11.9 Å². The van der Waals surface area contributed by atoms with Gasteiger partial charge in [-0.3, -0.25) is 4.79 Å². The Bertz CT molecular complexity index is 434. The van der Waals surface area contributed by atoms with Gasteiger partial charge in [0.2, 0.25) is 5.91 Å². The van der Waals surface area contributed by atoms with Crippen LogP contribution in [0.25, 0.3) is 0 Å². The van der Waals surface area contributed by atoms with Crippen LogP contribution < -0.4 is 5.32 Å². The average Bonchev–Trinajstić information content (AvgIpc) is 2.46. The van der Waals surface area contributed by atoms with Gasteiger partial charge in [-0.15, -0.1) is 0 Å². The van der Waals surface area contributed by atoms with E-state index in [4.69, 9.17) is 23.2 Å². The van der Waals surface area contributed by atoms with Crippen molar-refractivity contribution >= 4 is 29.1 Å². The maximum atomic E-state index is 11.6. The molecule has 0 aromatic rings. The second-order valence-corrected chi connectivity index (χ2v) is 5.08. The predicted molar refractivity (Wildman–Crippen MR) is 93.5 cm³/mol. The first-order valence-corrected chi connectivity index (χ1v) is 7.79. The number of rotatable bonds is 9. The zero-order valence-corrected chi connectivity index (χ0v) is 14.1. The Morgan fingerprint density at radius 3 is 2.52 bits per heavy atom. The van der Waals surface area contributed by atoms with E-state index in [0.717, 1.165) is 24.8 Å². The van der Waals surface area contributed by atoms with Crippen LogP contribution in [0.5, 0.6) is 0 Å². The molecule has 1 amide bonds. The first-order chi connectivity index (χ1) is 10.1. The highest BCUT2D eigenvalue weighted by Gasteiger charge is 1.98. The maximum absolute atomic E-state index is 11.6. The van der Waals surface area contributed by atoms with Crippen molar-refractivity contribution in [2.45, 2.75) is 39.2 Å². The van der Waals surface area contributed by atoms with Gasteiger partial charge in [0.1, 0.15) is 0 Å². The summed E-state index contributed by atoms with van der Waals surface area (Å²) in [6.45, 7) is 3.88. The van der Waals surface area contributed by atoms with E-state index < -0.39 is 0 Å². The highest BCUT2D eigenvalue weighted by molar-refractivity contribution is 6.25. The highest BCUT2D eigenvalue weighted by Crippen LogP contribution is 2.02. The van der Waals surface area contributed by atoms with E-state index in [9.17, 15) is 4.79 Å². The lowest BCUT2D eigenvalue weighted by molar-refractivity contribution is -0.116. The first-order valence-electron chi connectivity index (χ1n) is 6.91. The largest absolute Gasteiger partial charge is 0.347 e. The lowest BCUT2D eigenvalue weighted by Crippen LogP contribution is -2.29. The standard InChI is InChI=1S/C17H23Cl2NO/c1-15(14-19)10-6-5-8-12-17(21)20-16(2)11-7-3-4-9-13-18/h5-9,11-14,16H,3-4,10H2,1-2H3,(H,20,21)/b6-5-,11-7-,12-8?,13-9+,15-14+/t16-/m0/s1. The van der Waals surface area contributed by atoms with E-state index in [1.54, 1.807) is 11.6 Å². The molecule has 116 valence electrons. The SMILES string of the molecule is C/C(=C\Cl)C/C=C\C=CC(=O)N[C@@H](C)/C=C\CC/C=C/Cl. The van der Waals surface area contributed by atoms with Crippen LogP contribution in [0.15, 0.2) is 59.2 Å². The van der Waals surface area contributed by atoms with Gasteiger partial charge in [0.05, 0.1) is 0 Å². The van der Waals surface area contributed by atoms with E-state index >= 15 is 0 Å². The van der Waals surface area contributed by atoms with Gasteiger partial charge in [-0.05, 0) is 33.1 Å². The van der Waals surface area contributed by atoms with Crippen molar-refractivity contribution in [1.29, 1.82) is 0 Å². The van der Waals surface area contributed by atoms with E-state index in [1.165, 1.54) is 11.6 Å². The molecular weight excluding hydrogens is 305 g/mol. The monoisotopic (exact) mass is 327 g/mol. The van der Waals surface area contributed by atoms with Gasteiger partial charge in [0, 0.05) is 23.2 Å². The molecule has 21 heavy (non-hydrogen) atoms. The minimum Gasteiger partial charge on any atom is -0.347 e. The van der Waals surface area contributed by atoms with Gasteiger partial charge >= 0.3 is 0 Å². The quantitative estimate of drug-likeness (QED) is 0.267. The number of hydrogen-bond acceptors (Lipinski definition) is 1. The Kier molecular flexibility index (Phi) is 12.9. The summed E-state index contributed by atoms with van der Waals surface area (Å²) in [7, 11) is 0. The molecule has 2 nitrogen and oxygen atoms in total. The van der Waals surface area contributed by atoms with Gasteiger partial charge in [-0.25, -0.2) is 0 Å². The van der Waals surface area contributed by atoms with Crippen molar-refractivity contribution < 1.29 is 4.79 Å². The van der Waals surface area contributed by atoms with Crippen molar-refractivity contribution in [3.63, 3.8) is 0 Å². The fourth-order valence-corrected chi connectivity index (χ4v) is 1.61. The molecule has 0 saturated carbocycles. The van der Waals surface area contributed by atoms with Crippen molar-refractivity contribution in [3.05, 3.63) is 59.2 Å². The lowest BCUT2D eigenvalue weighted by atomic mass is 10.2. The van der Waals surface area contributed by atoms with Gasteiger partial charge in [0.25, 0.3) is 0 Å². The van der Waals surface area contributed by atoms with Crippen LogP contribution in [0.2, 0.25) is 0 Å². The number of hydrogen-bond donors (Lipinski definition) is 1. The second-order valence-electron chi connectivity index (χ2n) is 4.61. The summed E-state index contributed by atoms with van der Waals surface area (Å²) < 4.78 is 0. The van der Waals surface area contributed by atoms with Crippen LogP contribution in [-0.4, -0.2) is 11.9 Å². The molecule has 0 aromatic carbocycles. The molecule has 0 unspecified atom stereocenters. The smallest absolute Gasteiger partial charge is 0.244 e. The number of carbonyl (C=O) groups excluding carboxylic acids is 1. The fraction of sp³-hybridized carbons (Fsp3) is 0.353. The average molecular weight is 328 g/mol. The molecule has 1 atom stereocenters. The van der Waals surface area contributed by atoms with Gasteiger partial charge < -0.3 is 5.32 Å². The summed E-state index contributed by atoms with van der Waals surface area (Å²) in [4.78, 5) is 11.6. The second kappa shape index (κ2) is 13.7. The predicted octanol–water partition coefficient (Wildman–Crippen LogP) is 5.23. The molecule has 0 heterocycles. The minimum absolute atomic E-state index is 0.00698. The van der Waals surface area contributed by atoms with Crippen molar-refractivity contribution in [3.8, 4) is 0 Å². The fourth-order valence-electron chi connectivity index (χ4n) is 1.40. The molecule has 0 radical (unpaired) electrons. The number of amides is 1. The minimum atomic E-state index is -0.109. The van der Waals surface area contributed by atoms with Crippen LogP contribution in [0.3, 0.4) is 0 Å². The molecule has 0 aromatic heterocycles. The van der Waals surface area contributed by atoms with Crippen LogP contribution in [-0.2, 0) is 4.79 Å². The van der Waals surface area contributed by atoms with E-state index in [0.29, 0.717) is 0 Å². The Hall–Kier alpha value is -1.25. The number of unbranched alkanes of at least 4 members (excludes halogenated alkanes) is 1. The summed E-state index contributed by atoms with van der Waals surface area (Å²) in [5.41, 5.74) is 4.15. The third kappa shape index (κ3) is 13.5. The van der Waals surface area contributed by atoms with Gasteiger partial charge in [-0.2, -0.15) is 0 Å². The van der Waals surface area contributed by atoms with Crippen molar-refractivity contribution in [1.82, 2.24) is 5.32 Å². The normalized spacial score (nSPS) is 14.8. The molecule has 0 fully saturated rings. The first kappa shape index (κ1) is 19.8. The summed E-state index contributed by atoms with van der Waals surface area (Å²) in [6, 6.07) is 0.00698. The van der Waals surface area contributed by atoms with E-state index in [1.807, 2.05) is 44.2 Å². The number of carbonyl (C=O) groups is 1. The number of allylic oxidation sites excluding steroid dienone is 6. The molecule has 0 rings (SSSR count). The molecule has 0 saturated heterocycles. The molecule has 4 heteroatoms. The number of nitrogens with one attached hydrogen (secondary N) is 1. The molecule has 0 spiro atoms. The summed E-state index contributed by atoms with van der Waals surface area (Å²) in [6.07, 6.45) is 15.5. The van der Waals surface area contributed by atoms with Gasteiger partial charge in [-0.1, -0.05) is 65.2 Å². The molecule has 0 aliphatic carbocycles. The van der Waals surface area contributed by atoms with Crippen molar-refractivity contribution in [2.24, 2.45) is 0 Å². The maximum Gasteiger partial charge on any atom is 0.244 e. The zero-order valence-electron chi connectivity index (χ0n) is 12.6.